The van der Waals surface area contributed by atoms with Crippen molar-refractivity contribution in [2.24, 2.45) is 0 Å². The van der Waals surface area contributed by atoms with Gasteiger partial charge in [0, 0.05) is 16.5 Å². The van der Waals surface area contributed by atoms with E-state index >= 15 is 0 Å². The number of ether oxygens (including phenoxy) is 1. The van der Waals surface area contributed by atoms with Gasteiger partial charge in [0.2, 0.25) is 0 Å². The fraction of sp³-hybridized carbons (Fsp3) is 0.235. The Bertz CT molecular complexity index is 623. The van der Waals surface area contributed by atoms with Gasteiger partial charge in [-0.15, -0.1) is 0 Å². The lowest BCUT2D eigenvalue weighted by Crippen LogP contribution is -2.04. The summed E-state index contributed by atoms with van der Waals surface area (Å²) in [6.45, 7) is 2.46. The van der Waals surface area contributed by atoms with Gasteiger partial charge >= 0.3 is 0 Å². The lowest BCUT2D eigenvalue weighted by molar-refractivity contribution is 0.0973. The van der Waals surface area contributed by atoms with Gasteiger partial charge in [0.05, 0.1) is 11.6 Å². The van der Waals surface area contributed by atoms with Gasteiger partial charge in [0.1, 0.15) is 5.75 Å². The third-order valence-electron chi connectivity index (χ3n) is 3.06. The maximum absolute atomic E-state index is 12.0. The fourth-order valence-corrected chi connectivity index (χ4v) is 2.35. The van der Waals surface area contributed by atoms with Crippen molar-refractivity contribution in [1.82, 2.24) is 0 Å². The highest BCUT2D eigenvalue weighted by Crippen LogP contribution is 2.25. The molecule has 0 amide bonds. The van der Waals surface area contributed by atoms with Crippen LogP contribution in [-0.4, -0.2) is 12.4 Å². The van der Waals surface area contributed by atoms with E-state index in [9.17, 15) is 4.79 Å². The van der Waals surface area contributed by atoms with Crippen LogP contribution in [0.1, 0.15) is 28.8 Å². The number of carbonyl (C=O) groups excluding carboxylic acids is 1. The number of carbonyl (C=O) groups is 1. The summed E-state index contributed by atoms with van der Waals surface area (Å²) in [4.78, 5) is 12.0. The fourth-order valence-electron chi connectivity index (χ4n) is 1.92. The Labute approximate surface area is 138 Å². The molecule has 0 aliphatic heterocycles. The summed E-state index contributed by atoms with van der Waals surface area (Å²) in [5.74, 6) is 0.800. The van der Waals surface area contributed by atoms with Crippen LogP contribution in [0, 0.1) is 6.92 Å². The predicted molar refractivity (Wildman–Crippen MR) is 89.4 cm³/mol. The molecule has 0 heterocycles. The van der Waals surface area contributed by atoms with E-state index in [0.29, 0.717) is 30.2 Å². The standard InChI is InChI=1S/C17H16BrClO2/c1-12-4-9-15(19)17(11-12)21-10-2-3-16(20)13-5-7-14(18)8-6-13/h4-9,11H,2-3,10H2,1H3. The van der Waals surface area contributed by atoms with Gasteiger partial charge in [-0.2, -0.15) is 0 Å². The zero-order valence-electron chi connectivity index (χ0n) is 11.7. The van der Waals surface area contributed by atoms with Gasteiger partial charge in [-0.05, 0) is 43.2 Å². The molecule has 0 aliphatic rings. The van der Waals surface area contributed by atoms with Crippen LogP contribution in [0.25, 0.3) is 0 Å². The first-order chi connectivity index (χ1) is 10.1. The van der Waals surface area contributed by atoms with E-state index in [1.807, 2.05) is 49.4 Å². The zero-order chi connectivity index (χ0) is 15.2. The number of hydrogen-bond acceptors (Lipinski definition) is 2. The van der Waals surface area contributed by atoms with Gasteiger partial charge in [0.15, 0.2) is 5.78 Å². The second-order valence-corrected chi connectivity index (χ2v) is 6.14. The molecule has 0 aromatic heterocycles. The highest BCUT2D eigenvalue weighted by atomic mass is 79.9. The molecule has 0 spiro atoms. The molecule has 21 heavy (non-hydrogen) atoms. The van der Waals surface area contributed by atoms with E-state index in [-0.39, 0.29) is 5.78 Å². The van der Waals surface area contributed by atoms with Crippen molar-refractivity contribution in [3.63, 3.8) is 0 Å². The van der Waals surface area contributed by atoms with Crippen LogP contribution in [0.5, 0.6) is 5.75 Å². The van der Waals surface area contributed by atoms with Crippen molar-refractivity contribution >= 4 is 33.3 Å². The SMILES string of the molecule is Cc1ccc(Cl)c(OCCCC(=O)c2ccc(Br)cc2)c1. The Balaban J connectivity index is 1.80. The van der Waals surface area contributed by atoms with Crippen molar-refractivity contribution in [3.05, 3.63) is 63.1 Å². The summed E-state index contributed by atoms with van der Waals surface area (Å²) >= 11 is 9.41. The summed E-state index contributed by atoms with van der Waals surface area (Å²) in [6, 6.07) is 13.0. The van der Waals surface area contributed by atoms with Crippen molar-refractivity contribution in [3.8, 4) is 5.75 Å². The highest BCUT2D eigenvalue weighted by Gasteiger charge is 2.06. The third kappa shape index (κ3) is 4.87. The molecule has 0 fully saturated rings. The van der Waals surface area contributed by atoms with Crippen molar-refractivity contribution in [2.75, 3.05) is 6.61 Å². The quantitative estimate of drug-likeness (QED) is 0.501. The molecule has 4 heteroatoms. The smallest absolute Gasteiger partial charge is 0.163 e. The number of halogens is 2. The van der Waals surface area contributed by atoms with Crippen molar-refractivity contribution in [1.29, 1.82) is 0 Å². The minimum atomic E-state index is 0.126. The predicted octanol–water partition coefficient (Wildman–Crippen LogP) is 5.45. The van der Waals surface area contributed by atoms with Crippen LogP contribution in [0.15, 0.2) is 46.9 Å². The summed E-state index contributed by atoms with van der Waals surface area (Å²) < 4.78 is 6.60. The molecule has 110 valence electrons. The summed E-state index contributed by atoms with van der Waals surface area (Å²) in [7, 11) is 0. The molecule has 0 saturated heterocycles. The van der Waals surface area contributed by atoms with Crippen LogP contribution in [0.3, 0.4) is 0 Å². The molecule has 0 unspecified atom stereocenters. The molecule has 2 rings (SSSR count). The van der Waals surface area contributed by atoms with E-state index in [2.05, 4.69) is 15.9 Å². The first-order valence-corrected chi connectivity index (χ1v) is 7.91. The normalized spacial score (nSPS) is 10.4. The van der Waals surface area contributed by atoms with Crippen LogP contribution >= 0.6 is 27.5 Å². The summed E-state index contributed by atoms with van der Waals surface area (Å²) in [6.07, 6.45) is 1.13. The molecule has 0 radical (unpaired) electrons. The average Bonchev–Trinajstić information content (AvgIpc) is 2.47. The first-order valence-electron chi connectivity index (χ1n) is 6.74. The lowest BCUT2D eigenvalue weighted by atomic mass is 10.1. The van der Waals surface area contributed by atoms with E-state index < -0.39 is 0 Å². The zero-order valence-corrected chi connectivity index (χ0v) is 14.1. The van der Waals surface area contributed by atoms with E-state index in [1.54, 1.807) is 0 Å². The number of hydrogen-bond donors (Lipinski definition) is 0. The van der Waals surface area contributed by atoms with E-state index in [1.165, 1.54) is 0 Å². The topological polar surface area (TPSA) is 26.3 Å². The Morgan fingerprint density at radius 1 is 1.19 bits per heavy atom. The number of Topliss-reactive ketones (excluding diaryl/α,β-unsaturated/α-hetero) is 1. The number of benzene rings is 2. The van der Waals surface area contributed by atoms with Crippen LogP contribution in [0.2, 0.25) is 5.02 Å². The summed E-state index contributed by atoms with van der Waals surface area (Å²) in [5, 5.41) is 0.597. The summed E-state index contributed by atoms with van der Waals surface area (Å²) in [5.41, 5.74) is 1.83. The molecule has 0 bridgehead atoms. The van der Waals surface area contributed by atoms with E-state index in [4.69, 9.17) is 16.3 Å². The molecule has 2 aromatic rings. The maximum atomic E-state index is 12.0. The molecule has 0 aliphatic carbocycles. The molecule has 0 atom stereocenters. The maximum Gasteiger partial charge on any atom is 0.163 e. The second kappa shape index (κ2) is 7.62. The Kier molecular flexibility index (Phi) is 5.83. The van der Waals surface area contributed by atoms with Crippen LogP contribution < -0.4 is 4.74 Å². The number of rotatable bonds is 6. The molecule has 0 N–H and O–H groups in total. The lowest BCUT2D eigenvalue weighted by Gasteiger charge is -2.08. The Morgan fingerprint density at radius 2 is 1.90 bits per heavy atom. The largest absolute Gasteiger partial charge is 0.492 e. The van der Waals surface area contributed by atoms with Gasteiger partial charge in [-0.25, -0.2) is 0 Å². The van der Waals surface area contributed by atoms with E-state index in [0.717, 1.165) is 15.6 Å². The van der Waals surface area contributed by atoms with Gasteiger partial charge in [0.25, 0.3) is 0 Å². The number of ketones is 1. The highest BCUT2D eigenvalue weighted by molar-refractivity contribution is 9.10. The molecular weight excluding hydrogens is 352 g/mol. The monoisotopic (exact) mass is 366 g/mol. The molecule has 2 aromatic carbocycles. The van der Waals surface area contributed by atoms with Crippen molar-refractivity contribution < 1.29 is 9.53 Å². The van der Waals surface area contributed by atoms with Gasteiger partial charge < -0.3 is 4.74 Å². The molecule has 0 saturated carbocycles. The Morgan fingerprint density at radius 3 is 2.62 bits per heavy atom. The van der Waals surface area contributed by atoms with Crippen molar-refractivity contribution in [2.45, 2.75) is 19.8 Å². The second-order valence-electron chi connectivity index (χ2n) is 4.82. The van der Waals surface area contributed by atoms with Crippen LogP contribution in [0.4, 0.5) is 0 Å². The Hall–Kier alpha value is -1.32. The average molecular weight is 368 g/mol. The first kappa shape index (κ1) is 16.1. The third-order valence-corrected chi connectivity index (χ3v) is 3.90. The minimum Gasteiger partial charge on any atom is -0.492 e. The molecule has 2 nitrogen and oxygen atoms in total. The van der Waals surface area contributed by atoms with Gasteiger partial charge in [-0.3, -0.25) is 4.79 Å². The number of aryl methyl sites for hydroxylation is 1. The molecular formula is C17H16BrClO2. The van der Waals surface area contributed by atoms with Gasteiger partial charge in [-0.1, -0.05) is 45.7 Å². The van der Waals surface area contributed by atoms with Crippen LogP contribution in [-0.2, 0) is 0 Å². The minimum absolute atomic E-state index is 0.126.